The minimum atomic E-state index is 0.178. The first kappa shape index (κ1) is 20.0. The summed E-state index contributed by atoms with van der Waals surface area (Å²) in [4.78, 5) is 17.0. The van der Waals surface area contributed by atoms with Gasteiger partial charge in [-0.2, -0.15) is 0 Å². The number of ether oxygens (including phenoxy) is 2. The second kappa shape index (κ2) is 9.06. The Bertz CT molecular complexity index is 859. The van der Waals surface area contributed by atoms with Crippen LogP contribution in [0.25, 0.3) is 0 Å². The molecule has 6 heteroatoms. The average Bonchev–Trinajstić information content (AvgIpc) is 3.11. The molecular formula is C23H27ClN2O3. The minimum Gasteiger partial charge on any atom is -0.454 e. The lowest BCUT2D eigenvalue weighted by Gasteiger charge is -2.23. The van der Waals surface area contributed by atoms with Gasteiger partial charge in [-0.3, -0.25) is 4.79 Å². The largest absolute Gasteiger partial charge is 0.454 e. The van der Waals surface area contributed by atoms with Crippen LogP contribution in [-0.4, -0.2) is 48.7 Å². The summed E-state index contributed by atoms with van der Waals surface area (Å²) < 4.78 is 10.8. The van der Waals surface area contributed by atoms with Crippen molar-refractivity contribution in [3.8, 4) is 11.5 Å². The van der Waals surface area contributed by atoms with Crippen molar-refractivity contribution in [3.63, 3.8) is 0 Å². The van der Waals surface area contributed by atoms with Gasteiger partial charge in [0, 0.05) is 43.7 Å². The predicted octanol–water partition coefficient (Wildman–Crippen LogP) is 4.30. The van der Waals surface area contributed by atoms with Crippen molar-refractivity contribution < 1.29 is 14.3 Å². The number of nitrogens with zero attached hydrogens (tertiary/aromatic N) is 2. The van der Waals surface area contributed by atoms with E-state index in [-0.39, 0.29) is 12.7 Å². The molecule has 0 radical (unpaired) electrons. The molecule has 5 nitrogen and oxygen atoms in total. The molecule has 1 saturated heterocycles. The standard InChI is InChI=1S/C23H27ClN2O3/c1-17(18-5-3-2-4-6-18)7-9-25-10-8-23(27)26(12-11-25)15-19-13-21-22(14-20(19)24)29-16-28-21/h2-6,13-14,17H,7-12,15-16H2,1H3/t17-/m1/s1. The Morgan fingerprint density at radius 3 is 2.62 bits per heavy atom. The summed E-state index contributed by atoms with van der Waals surface area (Å²) in [6.45, 7) is 6.40. The highest BCUT2D eigenvalue weighted by Gasteiger charge is 2.24. The van der Waals surface area contributed by atoms with E-state index in [0.29, 0.717) is 41.9 Å². The molecule has 1 amide bonds. The van der Waals surface area contributed by atoms with Crippen molar-refractivity contribution in [2.24, 2.45) is 0 Å². The van der Waals surface area contributed by atoms with E-state index in [9.17, 15) is 4.79 Å². The van der Waals surface area contributed by atoms with E-state index >= 15 is 0 Å². The third-order valence-corrected chi connectivity index (χ3v) is 6.18. The van der Waals surface area contributed by atoms with Gasteiger partial charge in [0.25, 0.3) is 0 Å². The normalized spacial score (nSPS) is 18.0. The Kier molecular flexibility index (Phi) is 6.26. The van der Waals surface area contributed by atoms with E-state index in [1.807, 2.05) is 11.0 Å². The van der Waals surface area contributed by atoms with E-state index < -0.39 is 0 Å². The third-order valence-electron chi connectivity index (χ3n) is 5.83. The molecule has 2 heterocycles. The molecule has 2 aliphatic heterocycles. The van der Waals surface area contributed by atoms with Gasteiger partial charge < -0.3 is 19.3 Å². The first-order valence-electron chi connectivity index (χ1n) is 10.2. The van der Waals surface area contributed by atoms with Crippen molar-refractivity contribution >= 4 is 17.5 Å². The van der Waals surface area contributed by atoms with Crippen molar-refractivity contribution in [2.75, 3.05) is 33.0 Å². The summed E-state index contributed by atoms with van der Waals surface area (Å²) in [6.07, 6.45) is 1.63. The van der Waals surface area contributed by atoms with Gasteiger partial charge in [0.1, 0.15) is 0 Å². The zero-order valence-corrected chi connectivity index (χ0v) is 17.5. The monoisotopic (exact) mass is 414 g/mol. The maximum Gasteiger partial charge on any atom is 0.231 e. The van der Waals surface area contributed by atoms with E-state index in [1.165, 1.54) is 5.56 Å². The third kappa shape index (κ3) is 4.85. The van der Waals surface area contributed by atoms with E-state index in [2.05, 4.69) is 42.2 Å². The number of amides is 1. The van der Waals surface area contributed by atoms with Crippen LogP contribution in [0.2, 0.25) is 5.02 Å². The highest BCUT2D eigenvalue weighted by molar-refractivity contribution is 6.31. The molecule has 0 unspecified atom stereocenters. The molecule has 0 aliphatic carbocycles. The lowest BCUT2D eigenvalue weighted by Crippen LogP contribution is -2.33. The Balaban J connectivity index is 1.33. The van der Waals surface area contributed by atoms with Gasteiger partial charge >= 0.3 is 0 Å². The second-order valence-electron chi connectivity index (χ2n) is 7.80. The van der Waals surface area contributed by atoms with Gasteiger partial charge in [0.05, 0.1) is 0 Å². The number of hydrogen-bond donors (Lipinski definition) is 0. The molecule has 2 aromatic rings. The van der Waals surface area contributed by atoms with Crippen molar-refractivity contribution in [1.82, 2.24) is 9.80 Å². The molecule has 154 valence electrons. The first-order valence-corrected chi connectivity index (χ1v) is 10.6. The van der Waals surface area contributed by atoms with Crippen LogP contribution in [0.5, 0.6) is 11.5 Å². The van der Waals surface area contributed by atoms with Gasteiger partial charge in [-0.05, 0) is 36.1 Å². The van der Waals surface area contributed by atoms with Gasteiger partial charge in [-0.15, -0.1) is 0 Å². The average molecular weight is 415 g/mol. The fourth-order valence-electron chi connectivity index (χ4n) is 3.91. The van der Waals surface area contributed by atoms with Gasteiger partial charge in [0.15, 0.2) is 11.5 Å². The highest BCUT2D eigenvalue weighted by Crippen LogP contribution is 2.37. The van der Waals surface area contributed by atoms with E-state index in [0.717, 1.165) is 31.6 Å². The molecule has 0 bridgehead atoms. The fourth-order valence-corrected chi connectivity index (χ4v) is 4.13. The van der Waals surface area contributed by atoms with Crippen LogP contribution in [0.3, 0.4) is 0 Å². The fraction of sp³-hybridized carbons (Fsp3) is 0.435. The number of hydrogen-bond acceptors (Lipinski definition) is 4. The molecule has 0 N–H and O–H groups in total. The van der Waals surface area contributed by atoms with Crippen molar-refractivity contribution in [3.05, 3.63) is 58.6 Å². The van der Waals surface area contributed by atoms with Crippen LogP contribution in [0.1, 0.15) is 36.8 Å². The number of carbonyl (C=O) groups is 1. The number of rotatable bonds is 6. The Morgan fingerprint density at radius 2 is 1.83 bits per heavy atom. The minimum absolute atomic E-state index is 0.178. The zero-order chi connectivity index (χ0) is 20.2. The molecule has 1 atom stereocenters. The van der Waals surface area contributed by atoms with Crippen molar-refractivity contribution in [2.45, 2.75) is 32.2 Å². The summed E-state index contributed by atoms with van der Waals surface area (Å²) in [6, 6.07) is 14.3. The van der Waals surface area contributed by atoms with E-state index in [1.54, 1.807) is 6.07 Å². The SMILES string of the molecule is C[C@H](CCN1CCC(=O)N(Cc2cc3c(cc2Cl)OCO3)CC1)c1ccccc1. The number of fused-ring (bicyclic) bond motifs is 1. The summed E-state index contributed by atoms with van der Waals surface area (Å²) in [5.74, 6) is 2.05. The summed E-state index contributed by atoms with van der Waals surface area (Å²) in [5, 5.41) is 0.611. The molecule has 2 aromatic carbocycles. The van der Waals surface area contributed by atoms with Gasteiger partial charge in [-0.1, -0.05) is 48.9 Å². The van der Waals surface area contributed by atoms with Crippen LogP contribution < -0.4 is 9.47 Å². The Morgan fingerprint density at radius 1 is 1.07 bits per heavy atom. The molecule has 29 heavy (non-hydrogen) atoms. The van der Waals surface area contributed by atoms with E-state index in [4.69, 9.17) is 21.1 Å². The van der Waals surface area contributed by atoms with Gasteiger partial charge in [0.2, 0.25) is 12.7 Å². The van der Waals surface area contributed by atoms with Crippen LogP contribution in [0.15, 0.2) is 42.5 Å². The molecular weight excluding hydrogens is 388 g/mol. The molecule has 0 aromatic heterocycles. The Hall–Kier alpha value is -2.24. The molecule has 1 fully saturated rings. The second-order valence-corrected chi connectivity index (χ2v) is 8.21. The summed E-state index contributed by atoms with van der Waals surface area (Å²) >= 11 is 6.40. The highest BCUT2D eigenvalue weighted by atomic mass is 35.5. The smallest absolute Gasteiger partial charge is 0.231 e. The van der Waals surface area contributed by atoms with Gasteiger partial charge in [-0.25, -0.2) is 0 Å². The summed E-state index contributed by atoms with van der Waals surface area (Å²) in [7, 11) is 0. The first-order chi connectivity index (χ1) is 14.1. The Labute approximate surface area is 177 Å². The van der Waals surface area contributed by atoms with Crippen LogP contribution in [-0.2, 0) is 11.3 Å². The number of carbonyl (C=O) groups excluding carboxylic acids is 1. The number of halogens is 1. The number of benzene rings is 2. The quantitative estimate of drug-likeness (QED) is 0.706. The maximum absolute atomic E-state index is 12.7. The maximum atomic E-state index is 12.7. The molecule has 0 spiro atoms. The lowest BCUT2D eigenvalue weighted by atomic mass is 9.98. The van der Waals surface area contributed by atoms with Crippen molar-refractivity contribution in [1.29, 1.82) is 0 Å². The zero-order valence-electron chi connectivity index (χ0n) is 16.8. The molecule has 4 rings (SSSR count). The van der Waals surface area contributed by atoms with Crippen LogP contribution >= 0.6 is 11.6 Å². The lowest BCUT2D eigenvalue weighted by molar-refractivity contribution is -0.130. The summed E-state index contributed by atoms with van der Waals surface area (Å²) in [5.41, 5.74) is 2.27. The molecule has 2 aliphatic rings. The van der Waals surface area contributed by atoms with Crippen LogP contribution in [0.4, 0.5) is 0 Å². The predicted molar refractivity (Wildman–Crippen MR) is 114 cm³/mol. The van der Waals surface area contributed by atoms with Crippen LogP contribution in [0, 0.1) is 0 Å². The molecule has 0 saturated carbocycles. The topological polar surface area (TPSA) is 42.0 Å².